The second-order valence-corrected chi connectivity index (χ2v) is 6.34. The van der Waals surface area contributed by atoms with Gasteiger partial charge in [-0.1, -0.05) is 0 Å². The number of urea groups is 1. The smallest absolute Gasteiger partial charge is 0.315 e. The lowest BCUT2D eigenvalue weighted by atomic mass is 10.1. The number of rotatable bonds is 6. The number of nitrogens with zero attached hydrogens (tertiary/aromatic N) is 3. The Morgan fingerprint density at radius 3 is 2.64 bits per heavy atom. The topological polar surface area (TPSA) is 81.1 Å². The summed E-state index contributed by atoms with van der Waals surface area (Å²) in [4.78, 5) is 16.3. The summed E-state index contributed by atoms with van der Waals surface area (Å²) in [5.41, 5.74) is 4.20. The van der Waals surface area contributed by atoms with Gasteiger partial charge in [0.05, 0.1) is 25.0 Å². The molecule has 0 saturated heterocycles. The van der Waals surface area contributed by atoms with Crippen LogP contribution < -0.4 is 15.4 Å². The third-order valence-electron chi connectivity index (χ3n) is 4.40. The van der Waals surface area contributed by atoms with Crippen LogP contribution in [0.3, 0.4) is 0 Å². The molecule has 0 aliphatic rings. The second-order valence-electron chi connectivity index (χ2n) is 6.34. The number of carbonyl (C=O) groups is 1. The molecule has 2 aromatic rings. The zero-order valence-corrected chi connectivity index (χ0v) is 15.8. The predicted octanol–water partition coefficient (Wildman–Crippen LogP) is 2.43. The van der Waals surface area contributed by atoms with Crippen LogP contribution in [0.25, 0.3) is 0 Å². The first kappa shape index (κ1) is 18.8. The molecule has 0 spiro atoms. The summed E-state index contributed by atoms with van der Waals surface area (Å²) in [7, 11) is 3.52. The van der Waals surface area contributed by atoms with E-state index in [4.69, 9.17) is 4.74 Å². The van der Waals surface area contributed by atoms with Crippen molar-refractivity contribution < 1.29 is 9.53 Å². The van der Waals surface area contributed by atoms with Gasteiger partial charge in [-0.2, -0.15) is 5.10 Å². The number of ether oxygens (including phenoxy) is 1. The van der Waals surface area contributed by atoms with Crippen molar-refractivity contribution in [1.82, 2.24) is 25.4 Å². The third-order valence-corrected chi connectivity index (χ3v) is 4.40. The highest BCUT2D eigenvalue weighted by Gasteiger charge is 2.17. The molecule has 0 aliphatic heterocycles. The number of hydrogen-bond donors (Lipinski definition) is 2. The number of carbonyl (C=O) groups excluding carboxylic acids is 1. The van der Waals surface area contributed by atoms with E-state index in [1.54, 1.807) is 19.5 Å². The fourth-order valence-corrected chi connectivity index (χ4v) is 2.93. The van der Waals surface area contributed by atoms with Crippen molar-refractivity contribution in [2.75, 3.05) is 7.11 Å². The summed E-state index contributed by atoms with van der Waals surface area (Å²) in [6.45, 7) is 7.94. The molecule has 2 aromatic heterocycles. The highest BCUT2D eigenvalue weighted by Crippen LogP contribution is 2.23. The van der Waals surface area contributed by atoms with E-state index in [1.807, 2.05) is 45.5 Å². The number of amides is 2. The Morgan fingerprint density at radius 1 is 1.32 bits per heavy atom. The van der Waals surface area contributed by atoms with Gasteiger partial charge in [0.2, 0.25) is 0 Å². The van der Waals surface area contributed by atoms with Crippen molar-refractivity contribution in [3.05, 3.63) is 41.0 Å². The molecular weight excluding hydrogens is 318 g/mol. The maximum Gasteiger partial charge on any atom is 0.315 e. The van der Waals surface area contributed by atoms with Crippen molar-refractivity contribution in [3.63, 3.8) is 0 Å². The van der Waals surface area contributed by atoms with Crippen LogP contribution in [0.15, 0.2) is 18.5 Å². The van der Waals surface area contributed by atoms with Gasteiger partial charge in [0, 0.05) is 30.5 Å². The summed E-state index contributed by atoms with van der Waals surface area (Å²) in [6.07, 6.45) is 4.07. The maximum absolute atomic E-state index is 12.3. The first-order valence-corrected chi connectivity index (χ1v) is 8.37. The van der Waals surface area contributed by atoms with E-state index in [9.17, 15) is 4.79 Å². The average Bonchev–Trinajstić information content (AvgIpc) is 2.80. The van der Waals surface area contributed by atoms with Gasteiger partial charge in [0.1, 0.15) is 5.75 Å². The van der Waals surface area contributed by atoms with Gasteiger partial charge in [-0.05, 0) is 45.7 Å². The van der Waals surface area contributed by atoms with Crippen molar-refractivity contribution >= 4 is 6.03 Å². The maximum atomic E-state index is 12.3. The van der Waals surface area contributed by atoms with Crippen molar-refractivity contribution in [1.29, 1.82) is 0 Å². The highest BCUT2D eigenvalue weighted by atomic mass is 16.5. The molecule has 0 bridgehead atoms. The molecule has 25 heavy (non-hydrogen) atoms. The largest absolute Gasteiger partial charge is 0.495 e. The molecule has 2 heterocycles. The van der Waals surface area contributed by atoms with Gasteiger partial charge in [-0.15, -0.1) is 0 Å². The van der Waals surface area contributed by atoms with Crippen molar-refractivity contribution in [2.45, 2.75) is 46.2 Å². The first-order valence-electron chi connectivity index (χ1n) is 8.37. The standard InChI is InChI=1S/C18H27N5O2/c1-11(9-16-13(3)22-23(5)14(16)4)20-18(24)21-12(2)15-7-8-19-10-17(15)25-6/h7-8,10-12H,9H2,1-6H3,(H2,20,21,24)/t11-,12-/m1/s1. The lowest BCUT2D eigenvalue weighted by Gasteiger charge is -2.20. The van der Waals surface area contributed by atoms with Crippen LogP contribution in [0.1, 0.15) is 42.4 Å². The molecule has 2 N–H and O–H groups in total. The minimum Gasteiger partial charge on any atom is -0.495 e. The van der Waals surface area contributed by atoms with E-state index in [-0.39, 0.29) is 18.1 Å². The second kappa shape index (κ2) is 8.00. The van der Waals surface area contributed by atoms with E-state index < -0.39 is 0 Å². The number of methoxy groups -OCH3 is 1. The molecule has 136 valence electrons. The molecule has 7 heteroatoms. The number of hydrogen-bond acceptors (Lipinski definition) is 4. The molecule has 0 saturated carbocycles. The summed E-state index contributed by atoms with van der Waals surface area (Å²) in [5.74, 6) is 0.657. The van der Waals surface area contributed by atoms with Gasteiger partial charge < -0.3 is 15.4 Å². The minimum absolute atomic E-state index is 0.00636. The summed E-state index contributed by atoms with van der Waals surface area (Å²) in [5, 5.41) is 10.3. The van der Waals surface area contributed by atoms with Gasteiger partial charge in [-0.25, -0.2) is 4.79 Å². The van der Waals surface area contributed by atoms with E-state index >= 15 is 0 Å². The third kappa shape index (κ3) is 4.49. The molecule has 0 unspecified atom stereocenters. The lowest BCUT2D eigenvalue weighted by Crippen LogP contribution is -2.42. The SMILES string of the molecule is COc1cnccc1[C@@H](C)NC(=O)N[C@H](C)Cc1c(C)nn(C)c1C. The minimum atomic E-state index is -0.210. The quantitative estimate of drug-likeness (QED) is 0.842. The van der Waals surface area contributed by atoms with Crippen LogP contribution in [0.2, 0.25) is 0 Å². The van der Waals surface area contributed by atoms with Crippen LogP contribution in [-0.4, -0.2) is 33.9 Å². The number of aryl methyl sites for hydroxylation is 2. The van der Waals surface area contributed by atoms with E-state index in [0.717, 1.165) is 23.4 Å². The Balaban J connectivity index is 1.95. The highest BCUT2D eigenvalue weighted by molar-refractivity contribution is 5.74. The Bertz CT molecular complexity index is 741. The van der Waals surface area contributed by atoms with Crippen LogP contribution in [0, 0.1) is 13.8 Å². The predicted molar refractivity (Wildman–Crippen MR) is 96.7 cm³/mol. The Kier molecular flexibility index (Phi) is 6.01. The molecule has 2 amide bonds. The number of aromatic nitrogens is 3. The monoisotopic (exact) mass is 345 g/mol. The fourth-order valence-electron chi connectivity index (χ4n) is 2.93. The molecule has 2 atom stereocenters. The molecule has 0 radical (unpaired) electrons. The first-order chi connectivity index (χ1) is 11.8. The summed E-state index contributed by atoms with van der Waals surface area (Å²) >= 11 is 0. The molecule has 2 rings (SSSR count). The zero-order chi connectivity index (χ0) is 18.6. The van der Waals surface area contributed by atoms with Gasteiger partial charge in [-0.3, -0.25) is 9.67 Å². The van der Waals surface area contributed by atoms with Crippen LogP contribution in [0.4, 0.5) is 4.79 Å². The van der Waals surface area contributed by atoms with E-state index in [0.29, 0.717) is 5.75 Å². The van der Waals surface area contributed by atoms with Crippen LogP contribution >= 0.6 is 0 Å². The summed E-state index contributed by atoms with van der Waals surface area (Å²) in [6, 6.07) is 1.44. The normalized spacial score (nSPS) is 13.2. The molecular formula is C18H27N5O2. The van der Waals surface area contributed by atoms with E-state index in [1.165, 1.54) is 5.56 Å². The number of nitrogens with one attached hydrogen (secondary N) is 2. The number of pyridine rings is 1. The molecule has 0 aliphatic carbocycles. The molecule has 0 fully saturated rings. The van der Waals surface area contributed by atoms with Gasteiger partial charge >= 0.3 is 6.03 Å². The fraction of sp³-hybridized carbons (Fsp3) is 0.500. The summed E-state index contributed by atoms with van der Waals surface area (Å²) < 4.78 is 7.16. The zero-order valence-electron chi connectivity index (χ0n) is 15.8. The van der Waals surface area contributed by atoms with Crippen molar-refractivity contribution in [2.24, 2.45) is 7.05 Å². The Labute approximate surface area is 148 Å². The van der Waals surface area contributed by atoms with Crippen LogP contribution in [-0.2, 0) is 13.5 Å². The van der Waals surface area contributed by atoms with Gasteiger partial charge in [0.15, 0.2) is 0 Å². The van der Waals surface area contributed by atoms with Gasteiger partial charge in [0.25, 0.3) is 0 Å². The van der Waals surface area contributed by atoms with E-state index in [2.05, 4.69) is 20.7 Å². The Morgan fingerprint density at radius 2 is 2.04 bits per heavy atom. The average molecular weight is 345 g/mol. The molecule has 7 nitrogen and oxygen atoms in total. The lowest BCUT2D eigenvalue weighted by molar-refractivity contribution is 0.234. The van der Waals surface area contributed by atoms with Crippen molar-refractivity contribution in [3.8, 4) is 5.75 Å². The Hall–Kier alpha value is -2.57. The van der Waals surface area contributed by atoms with Crippen LogP contribution in [0.5, 0.6) is 5.75 Å². The molecule has 0 aromatic carbocycles.